The van der Waals surface area contributed by atoms with E-state index in [-0.39, 0.29) is 19.8 Å². The highest BCUT2D eigenvalue weighted by Gasteiger charge is 2.26. The lowest BCUT2D eigenvalue weighted by Crippen LogP contribution is -2.29. The van der Waals surface area contributed by atoms with E-state index in [2.05, 4.69) is 14.0 Å². The Morgan fingerprint density at radius 2 is 1.67 bits per heavy atom. The maximum absolute atomic E-state index is 11.3. The number of aliphatic hydroxyl groups is 2. The minimum Gasteiger partial charge on any atom is -0.463 e. The monoisotopic (exact) mass is 286 g/mol. The first kappa shape index (κ1) is 17.0. The van der Waals surface area contributed by atoms with Crippen molar-refractivity contribution in [2.24, 2.45) is 0 Å². The van der Waals surface area contributed by atoms with Gasteiger partial charge < -0.3 is 24.6 Å². The fourth-order valence-electron chi connectivity index (χ4n) is 0.904. The number of esters is 2. The van der Waals surface area contributed by atoms with Crippen LogP contribution in [0.3, 0.4) is 0 Å². The smallest absolute Gasteiger partial charge is 0.336 e. The molecule has 0 aromatic heterocycles. The Kier molecular flexibility index (Phi) is 9.43. The molecule has 2 atom stereocenters. The fourth-order valence-corrected chi connectivity index (χ4v) is 1.33. The molecule has 0 rings (SSSR count). The zero-order chi connectivity index (χ0) is 14.0. The molecule has 0 aliphatic rings. The predicted molar refractivity (Wildman–Crippen MR) is 56.8 cm³/mol. The summed E-state index contributed by atoms with van der Waals surface area (Å²) in [6.45, 7) is -1.40. The Morgan fingerprint density at radius 3 is 2.17 bits per heavy atom. The van der Waals surface area contributed by atoms with Crippen LogP contribution in [0.5, 0.6) is 0 Å². The molecule has 2 unspecified atom stereocenters. The molecule has 0 aromatic rings. The molecule has 18 heavy (non-hydrogen) atoms. The lowest BCUT2D eigenvalue weighted by molar-refractivity contribution is -0.159. The molecule has 10 heteroatoms. The molecule has 106 valence electrons. The zero-order valence-corrected chi connectivity index (χ0v) is 10.4. The van der Waals surface area contributed by atoms with E-state index in [1.54, 1.807) is 0 Å². The number of carbonyl (C=O) groups is 2. The Hall–Kier alpha value is -0.990. The van der Waals surface area contributed by atoms with E-state index in [0.717, 1.165) is 0 Å². The van der Waals surface area contributed by atoms with Gasteiger partial charge in [-0.3, -0.25) is 13.9 Å². The van der Waals surface area contributed by atoms with E-state index in [0.29, 0.717) is 0 Å². The highest BCUT2D eigenvalue weighted by molar-refractivity contribution is 7.32. The minimum atomic E-state index is -3.44. The third-order valence-corrected chi connectivity index (χ3v) is 2.03. The Balaban J connectivity index is 4.33. The van der Waals surface area contributed by atoms with Crippen molar-refractivity contribution in [2.75, 3.05) is 26.4 Å². The van der Waals surface area contributed by atoms with Gasteiger partial charge in [0, 0.05) is 0 Å². The van der Waals surface area contributed by atoms with Crippen LogP contribution in [-0.4, -0.2) is 59.6 Å². The summed E-state index contributed by atoms with van der Waals surface area (Å²) in [7, 11) is -3.44. The quantitative estimate of drug-likeness (QED) is 0.331. The summed E-state index contributed by atoms with van der Waals surface area (Å²) < 4.78 is 23.8. The molecule has 3 N–H and O–H groups in total. The third-order valence-electron chi connectivity index (χ3n) is 1.55. The largest absolute Gasteiger partial charge is 0.463 e. The number of rotatable bonds is 9. The van der Waals surface area contributed by atoms with Crippen LogP contribution in [0.1, 0.15) is 6.42 Å². The first-order valence-corrected chi connectivity index (χ1v) is 6.21. The summed E-state index contributed by atoms with van der Waals surface area (Å²) in [5, 5.41) is 16.8. The van der Waals surface area contributed by atoms with Crippen LogP contribution < -0.4 is 0 Å². The van der Waals surface area contributed by atoms with Crippen molar-refractivity contribution >= 4 is 20.2 Å². The van der Waals surface area contributed by atoms with Crippen LogP contribution in [0, 0.1) is 0 Å². The average molecular weight is 286 g/mol. The second kappa shape index (κ2) is 9.98. The standard InChI is InChI=1S/C8H15O9P/c9-1-3-15-7(11)5-6(17-18(13)14)8(12)16-4-2-10/h6,9-10,18H,1-5H2,(H,13,14). The van der Waals surface area contributed by atoms with Crippen LogP contribution in [0.4, 0.5) is 0 Å². The summed E-state index contributed by atoms with van der Waals surface area (Å²) in [6, 6.07) is 0. The van der Waals surface area contributed by atoms with Gasteiger partial charge in [0.25, 0.3) is 0 Å². The normalized spacial score (nSPS) is 13.7. The summed E-state index contributed by atoms with van der Waals surface area (Å²) in [6.07, 6.45) is -2.21. The minimum absolute atomic E-state index is 0.258. The van der Waals surface area contributed by atoms with Crippen LogP contribution >= 0.6 is 8.25 Å². The number of hydrogen-bond acceptors (Lipinski definition) is 8. The van der Waals surface area contributed by atoms with Gasteiger partial charge in [-0.05, 0) is 0 Å². The van der Waals surface area contributed by atoms with Crippen molar-refractivity contribution < 1.29 is 43.3 Å². The van der Waals surface area contributed by atoms with Crippen LogP contribution in [0.15, 0.2) is 0 Å². The number of ether oxygens (including phenoxy) is 2. The molecule has 0 aromatic carbocycles. The van der Waals surface area contributed by atoms with Gasteiger partial charge in [-0.25, -0.2) is 4.79 Å². The SMILES string of the molecule is O=C(CC(O[PH](=O)O)C(=O)OCCO)OCCO. The van der Waals surface area contributed by atoms with Gasteiger partial charge in [0.2, 0.25) is 0 Å². The summed E-state index contributed by atoms with van der Waals surface area (Å²) >= 11 is 0. The van der Waals surface area contributed by atoms with Gasteiger partial charge in [-0.1, -0.05) is 0 Å². The highest BCUT2D eigenvalue weighted by Crippen LogP contribution is 2.21. The molecular formula is C8H15O9P. The molecule has 0 aliphatic carbocycles. The van der Waals surface area contributed by atoms with Crippen molar-refractivity contribution in [3.8, 4) is 0 Å². The Labute approximate surface area is 103 Å². The van der Waals surface area contributed by atoms with Crippen molar-refractivity contribution in [1.82, 2.24) is 0 Å². The van der Waals surface area contributed by atoms with E-state index < -0.39 is 39.3 Å². The van der Waals surface area contributed by atoms with Crippen molar-refractivity contribution in [1.29, 1.82) is 0 Å². The second-order valence-electron chi connectivity index (χ2n) is 2.91. The molecule has 0 spiro atoms. The van der Waals surface area contributed by atoms with Crippen LogP contribution in [-0.2, 0) is 28.2 Å². The molecule has 0 saturated carbocycles. The number of aliphatic hydroxyl groups excluding tert-OH is 2. The molecule has 0 heterocycles. The average Bonchev–Trinajstić information content (AvgIpc) is 2.32. The maximum Gasteiger partial charge on any atom is 0.336 e. The molecule has 9 nitrogen and oxygen atoms in total. The van der Waals surface area contributed by atoms with Crippen LogP contribution in [0.25, 0.3) is 0 Å². The second-order valence-corrected chi connectivity index (χ2v) is 3.68. The number of carbonyl (C=O) groups excluding carboxylic acids is 2. The molecule has 0 aliphatic heterocycles. The third kappa shape index (κ3) is 8.15. The van der Waals surface area contributed by atoms with Gasteiger partial charge in [0.15, 0.2) is 6.10 Å². The summed E-state index contributed by atoms with van der Waals surface area (Å²) in [5.41, 5.74) is 0. The first-order chi connectivity index (χ1) is 8.51. The van der Waals surface area contributed by atoms with Gasteiger partial charge in [-0.15, -0.1) is 0 Å². The van der Waals surface area contributed by atoms with E-state index in [1.807, 2.05) is 0 Å². The Bertz CT molecular complexity index is 292. The van der Waals surface area contributed by atoms with Crippen molar-refractivity contribution in [2.45, 2.75) is 12.5 Å². The molecule has 0 fully saturated rings. The summed E-state index contributed by atoms with van der Waals surface area (Å²) in [5.74, 6) is -1.95. The predicted octanol–water partition coefficient (Wildman–Crippen LogP) is -1.79. The lowest BCUT2D eigenvalue weighted by atomic mass is 10.2. The van der Waals surface area contributed by atoms with Gasteiger partial charge >= 0.3 is 20.2 Å². The first-order valence-electron chi connectivity index (χ1n) is 4.94. The van der Waals surface area contributed by atoms with E-state index >= 15 is 0 Å². The van der Waals surface area contributed by atoms with Gasteiger partial charge in [0.05, 0.1) is 19.6 Å². The molecule has 0 saturated heterocycles. The molecule has 0 amide bonds. The topological polar surface area (TPSA) is 140 Å². The van der Waals surface area contributed by atoms with Gasteiger partial charge in [0.1, 0.15) is 13.2 Å². The zero-order valence-electron chi connectivity index (χ0n) is 9.40. The van der Waals surface area contributed by atoms with E-state index in [9.17, 15) is 14.2 Å². The highest BCUT2D eigenvalue weighted by atomic mass is 31.1. The van der Waals surface area contributed by atoms with Crippen LogP contribution in [0.2, 0.25) is 0 Å². The number of hydrogen-bond donors (Lipinski definition) is 3. The molecule has 0 bridgehead atoms. The Morgan fingerprint density at radius 1 is 1.11 bits per heavy atom. The fraction of sp³-hybridized carbons (Fsp3) is 0.750. The summed E-state index contributed by atoms with van der Waals surface area (Å²) in [4.78, 5) is 31.0. The molecule has 0 radical (unpaired) electrons. The van der Waals surface area contributed by atoms with E-state index in [4.69, 9.17) is 15.1 Å². The lowest BCUT2D eigenvalue weighted by Gasteiger charge is -2.13. The maximum atomic E-state index is 11.3. The van der Waals surface area contributed by atoms with Crippen molar-refractivity contribution in [3.05, 3.63) is 0 Å². The molecular weight excluding hydrogens is 271 g/mol. The van der Waals surface area contributed by atoms with Gasteiger partial charge in [-0.2, -0.15) is 0 Å². The van der Waals surface area contributed by atoms with Crippen molar-refractivity contribution in [3.63, 3.8) is 0 Å². The van der Waals surface area contributed by atoms with E-state index in [1.165, 1.54) is 0 Å².